The van der Waals surface area contributed by atoms with Gasteiger partial charge < -0.3 is 20.1 Å². The molecule has 0 saturated carbocycles. The summed E-state index contributed by atoms with van der Waals surface area (Å²) in [5, 5.41) is 5.60. The zero-order valence-corrected chi connectivity index (χ0v) is 17.8. The minimum absolute atomic E-state index is 0.120. The van der Waals surface area contributed by atoms with E-state index in [2.05, 4.69) is 10.6 Å². The van der Waals surface area contributed by atoms with Crippen molar-refractivity contribution < 1.29 is 23.9 Å². The van der Waals surface area contributed by atoms with Gasteiger partial charge >= 0.3 is 0 Å². The number of methoxy groups -OCH3 is 1. The normalized spacial score (nSPS) is 11.3. The summed E-state index contributed by atoms with van der Waals surface area (Å²) in [7, 11) is 1.58. The summed E-state index contributed by atoms with van der Waals surface area (Å²) >= 11 is 0. The highest BCUT2D eigenvalue weighted by molar-refractivity contribution is 5.99. The minimum atomic E-state index is -0.330. The molecule has 0 fully saturated rings. The van der Waals surface area contributed by atoms with Crippen LogP contribution < -0.4 is 20.1 Å². The van der Waals surface area contributed by atoms with Gasteiger partial charge in [0.1, 0.15) is 11.5 Å². The number of para-hydroxylation sites is 1. The van der Waals surface area contributed by atoms with Gasteiger partial charge in [0, 0.05) is 17.7 Å². The SMILES string of the molecule is CCCC(=O)Nc1ccc(OCC(=O)NC(C)c2ccccc2OC)c(C(C)=O)c1. The second kappa shape index (κ2) is 11.0. The third-order valence-electron chi connectivity index (χ3n) is 4.46. The Bertz CT molecular complexity index is 910. The number of rotatable bonds is 10. The fourth-order valence-electron chi connectivity index (χ4n) is 2.99. The molecule has 0 aliphatic rings. The van der Waals surface area contributed by atoms with E-state index in [-0.39, 0.29) is 36.0 Å². The summed E-state index contributed by atoms with van der Waals surface area (Å²) in [6, 6.07) is 11.9. The Labute approximate surface area is 176 Å². The monoisotopic (exact) mass is 412 g/mol. The highest BCUT2D eigenvalue weighted by Gasteiger charge is 2.16. The number of benzene rings is 2. The largest absolute Gasteiger partial charge is 0.496 e. The van der Waals surface area contributed by atoms with Gasteiger partial charge in [-0.3, -0.25) is 14.4 Å². The second-order valence-electron chi connectivity index (χ2n) is 6.89. The van der Waals surface area contributed by atoms with E-state index in [0.29, 0.717) is 23.4 Å². The van der Waals surface area contributed by atoms with E-state index < -0.39 is 0 Å². The molecule has 7 heteroatoms. The molecule has 0 aliphatic heterocycles. The third kappa shape index (κ3) is 6.34. The standard InChI is InChI=1S/C23H28N2O5/c1-5-8-22(27)25-17-11-12-21(19(13-17)16(3)26)30-14-23(28)24-15(2)18-9-6-7-10-20(18)29-4/h6-7,9-13,15H,5,8,14H2,1-4H3,(H,24,28)(H,25,27). The van der Waals surface area contributed by atoms with Crippen molar-refractivity contribution in [3.63, 3.8) is 0 Å². The first-order valence-electron chi connectivity index (χ1n) is 9.85. The van der Waals surface area contributed by atoms with Gasteiger partial charge in [0.2, 0.25) is 5.91 Å². The topological polar surface area (TPSA) is 93.7 Å². The van der Waals surface area contributed by atoms with Crippen LogP contribution in [0.5, 0.6) is 11.5 Å². The van der Waals surface area contributed by atoms with Crippen LogP contribution in [0, 0.1) is 0 Å². The van der Waals surface area contributed by atoms with Gasteiger partial charge in [-0.2, -0.15) is 0 Å². The maximum absolute atomic E-state index is 12.3. The van der Waals surface area contributed by atoms with Crippen LogP contribution in [0.15, 0.2) is 42.5 Å². The Morgan fingerprint density at radius 3 is 2.43 bits per heavy atom. The average molecular weight is 412 g/mol. The fourth-order valence-corrected chi connectivity index (χ4v) is 2.99. The zero-order valence-electron chi connectivity index (χ0n) is 17.8. The third-order valence-corrected chi connectivity index (χ3v) is 4.46. The first kappa shape index (κ1) is 22.9. The smallest absolute Gasteiger partial charge is 0.258 e. The number of Topliss-reactive ketones (excluding diaryl/α,β-unsaturated/α-hetero) is 1. The number of carbonyl (C=O) groups excluding carboxylic acids is 3. The van der Waals surface area contributed by atoms with Crippen molar-refractivity contribution in [3.05, 3.63) is 53.6 Å². The van der Waals surface area contributed by atoms with Crippen LogP contribution in [-0.2, 0) is 9.59 Å². The molecule has 1 atom stereocenters. The van der Waals surface area contributed by atoms with Crippen LogP contribution in [0.3, 0.4) is 0 Å². The highest BCUT2D eigenvalue weighted by atomic mass is 16.5. The summed E-state index contributed by atoms with van der Waals surface area (Å²) in [5.74, 6) is 0.301. The molecular weight excluding hydrogens is 384 g/mol. The summed E-state index contributed by atoms with van der Waals surface area (Å²) in [5.41, 5.74) is 1.67. The predicted molar refractivity (Wildman–Crippen MR) is 115 cm³/mol. The molecule has 1 unspecified atom stereocenters. The Hall–Kier alpha value is -3.35. The lowest BCUT2D eigenvalue weighted by Gasteiger charge is -2.18. The molecule has 30 heavy (non-hydrogen) atoms. The lowest BCUT2D eigenvalue weighted by molar-refractivity contribution is -0.123. The number of carbonyl (C=O) groups is 3. The van der Waals surface area contributed by atoms with Crippen molar-refractivity contribution in [1.82, 2.24) is 5.32 Å². The van der Waals surface area contributed by atoms with Crippen molar-refractivity contribution in [2.24, 2.45) is 0 Å². The predicted octanol–water partition coefficient (Wildman–Crippen LogP) is 3.89. The zero-order chi connectivity index (χ0) is 22.1. The molecule has 2 aromatic carbocycles. The number of anilines is 1. The maximum atomic E-state index is 12.3. The van der Waals surface area contributed by atoms with Gasteiger partial charge in [-0.05, 0) is 44.5 Å². The summed E-state index contributed by atoms with van der Waals surface area (Å²) in [4.78, 5) is 36.1. The lowest BCUT2D eigenvalue weighted by Crippen LogP contribution is -2.31. The van der Waals surface area contributed by atoms with E-state index in [9.17, 15) is 14.4 Å². The molecule has 0 aromatic heterocycles. The van der Waals surface area contributed by atoms with Crippen LogP contribution in [-0.4, -0.2) is 31.3 Å². The molecule has 2 N–H and O–H groups in total. The molecule has 0 radical (unpaired) electrons. The number of amides is 2. The van der Waals surface area contributed by atoms with E-state index in [0.717, 1.165) is 12.0 Å². The van der Waals surface area contributed by atoms with Crippen LogP contribution in [0.25, 0.3) is 0 Å². The van der Waals surface area contributed by atoms with Gasteiger partial charge in [-0.25, -0.2) is 0 Å². The molecule has 2 rings (SSSR count). The summed E-state index contributed by atoms with van der Waals surface area (Å²) in [6.45, 7) is 4.92. The number of nitrogens with one attached hydrogen (secondary N) is 2. The number of ketones is 1. The summed E-state index contributed by atoms with van der Waals surface area (Å²) < 4.78 is 10.9. The quantitative estimate of drug-likeness (QED) is 0.578. The van der Waals surface area contributed by atoms with Gasteiger partial charge in [0.05, 0.1) is 18.7 Å². The van der Waals surface area contributed by atoms with Gasteiger partial charge in [0.15, 0.2) is 12.4 Å². The first-order chi connectivity index (χ1) is 14.3. The Morgan fingerprint density at radius 1 is 1.03 bits per heavy atom. The minimum Gasteiger partial charge on any atom is -0.496 e. The van der Waals surface area contributed by atoms with Gasteiger partial charge in [0.25, 0.3) is 5.91 Å². The van der Waals surface area contributed by atoms with Crippen LogP contribution in [0.1, 0.15) is 55.6 Å². The highest BCUT2D eigenvalue weighted by Crippen LogP contribution is 2.25. The molecule has 0 heterocycles. The fraction of sp³-hybridized carbons (Fsp3) is 0.348. The summed E-state index contributed by atoms with van der Waals surface area (Å²) in [6.07, 6.45) is 1.13. The molecule has 0 spiro atoms. The van der Waals surface area contributed by atoms with Gasteiger partial charge in [-0.15, -0.1) is 0 Å². The van der Waals surface area contributed by atoms with E-state index in [1.54, 1.807) is 25.3 Å². The molecule has 7 nitrogen and oxygen atoms in total. The molecule has 0 saturated heterocycles. The van der Waals surface area contributed by atoms with E-state index in [1.807, 2.05) is 38.1 Å². The molecular formula is C23H28N2O5. The Balaban J connectivity index is 2.02. The maximum Gasteiger partial charge on any atom is 0.258 e. The van der Waals surface area contributed by atoms with E-state index in [4.69, 9.17) is 9.47 Å². The second-order valence-corrected chi connectivity index (χ2v) is 6.89. The Morgan fingerprint density at radius 2 is 1.77 bits per heavy atom. The van der Waals surface area contributed by atoms with Crippen molar-refractivity contribution in [3.8, 4) is 11.5 Å². The number of ether oxygens (including phenoxy) is 2. The molecule has 160 valence electrons. The molecule has 2 aromatic rings. The van der Waals surface area contributed by atoms with Crippen molar-refractivity contribution in [2.45, 2.75) is 39.7 Å². The molecule has 2 amide bonds. The van der Waals surface area contributed by atoms with Crippen molar-refractivity contribution in [1.29, 1.82) is 0 Å². The van der Waals surface area contributed by atoms with Crippen molar-refractivity contribution >= 4 is 23.3 Å². The van der Waals surface area contributed by atoms with Crippen LogP contribution in [0.4, 0.5) is 5.69 Å². The number of hydrogen-bond donors (Lipinski definition) is 2. The van der Waals surface area contributed by atoms with Crippen LogP contribution >= 0.6 is 0 Å². The van der Waals surface area contributed by atoms with E-state index >= 15 is 0 Å². The first-order valence-corrected chi connectivity index (χ1v) is 9.85. The molecule has 0 bridgehead atoms. The van der Waals surface area contributed by atoms with Crippen LogP contribution in [0.2, 0.25) is 0 Å². The average Bonchev–Trinajstić information content (AvgIpc) is 2.72. The van der Waals surface area contributed by atoms with Crippen molar-refractivity contribution in [2.75, 3.05) is 19.0 Å². The van der Waals surface area contributed by atoms with E-state index in [1.165, 1.54) is 6.92 Å². The Kier molecular flexibility index (Phi) is 8.41. The van der Waals surface area contributed by atoms with Gasteiger partial charge in [-0.1, -0.05) is 25.1 Å². The lowest BCUT2D eigenvalue weighted by atomic mass is 10.1. The molecule has 0 aliphatic carbocycles. The number of hydrogen-bond acceptors (Lipinski definition) is 5.